The van der Waals surface area contributed by atoms with E-state index in [-0.39, 0.29) is 0 Å². The van der Waals surface area contributed by atoms with Crippen LogP contribution in [0.15, 0.2) is 12.6 Å². The predicted octanol–water partition coefficient (Wildman–Crippen LogP) is 0.938. The van der Waals surface area contributed by atoms with Gasteiger partial charge in [-0.25, -0.2) is 0 Å². The fraction of sp³-hybridized carbons (Fsp3) is 0. The minimum Gasteiger partial charge on any atom is -0.276 e. The van der Waals surface area contributed by atoms with E-state index in [9.17, 15) is 4.79 Å². The maximum absolute atomic E-state index is 9.87. The highest BCUT2D eigenvalue weighted by Crippen LogP contribution is 1.74. The molecule has 28 valence electrons. The van der Waals surface area contributed by atoms with Gasteiger partial charge in [0.15, 0.2) is 0 Å². The molecule has 5 heavy (non-hydrogen) atoms. The second kappa shape index (κ2) is 1.97. The molecule has 0 aliphatic heterocycles. The molecule has 0 unspecified atom stereocenters. The second-order valence-corrected chi connectivity index (χ2v) is 0.742. The summed E-state index contributed by atoms with van der Waals surface area (Å²) in [6.07, 6.45) is 0. The summed E-state index contributed by atoms with van der Waals surface area (Å²) in [6, 6.07) is -0.772. The topological polar surface area (TPSA) is 17.1 Å². The van der Waals surface area contributed by atoms with Gasteiger partial charge in [0.05, 0.1) is 4.11 Å². The highest BCUT2D eigenvalue weighted by Gasteiger charge is 1.74. The molecule has 0 fully saturated rings. The third kappa shape index (κ3) is 3.70. The fourth-order valence-electron chi connectivity index (χ4n) is 0. The van der Waals surface area contributed by atoms with Crippen molar-refractivity contribution in [1.29, 1.82) is 0 Å². The van der Waals surface area contributed by atoms with Gasteiger partial charge < -0.3 is 0 Å². The smallest absolute Gasteiger partial charge is 0.244 e. The van der Waals surface area contributed by atoms with Crippen LogP contribution in [0.2, 0.25) is 0 Å². The number of carbonyl (C=O) groups is 1. The summed E-state index contributed by atoms with van der Waals surface area (Å²) in [5, 5.41) is -1.06. The summed E-state index contributed by atoms with van der Waals surface area (Å²) < 4.78 is 19.2. The first kappa shape index (κ1) is 1.43. The Morgan fingerprint density at radius 3 is 3.20 bits per heavy atom. The van der Waals surface area contributed by atoms with Gasteiger partial charge >= 0.3 is 0 Å². The predicted molar refractivity (Wildman–Crippen MR) is 21.1 cm³/mol. The van der Waals surface area contributed by atoms with Crippen molar-refractivity contribution in [3.8, 4) is 0 Å². The SMILES string of the molecule is [2H]C([2H])=C([2H])[13C](=O)Cl. The van der Waals surface area contributed by atoms with Crippen molar-refractivity contribution in [2.24, 2.45) is 0 Å². The maximum atomic E-state index is 9.87. The van der Waals surface area contributed by atoms with E-state index < -0.39 is 17.8 Å². The number of allylic oxidation sites excluding steroid dienone is 1. The largest absolute Gasteiger partial charge is 0.276 e. The lowest BCUT2D eigenvalue weighted by molar-refractivity contribution is -0.107. The Hall–Kier alpha value is -0.300. The van der Waals surface area contributed by atoms with Crippen molar-refractivity contribution in [3.63, 3.8) is 0 Å². The van der Waals surface area contributed by atoms with E-state index in [1.165, 1.54) is 0 Å². The minimum absolute atomic E-state index is 0.772. The van der Waals surface area contributed by atoms with Crippen LogP contribution in [-0.4, -0.2) is 5.24 Å². The molecule has 0 aromatic heterocycles. The lowest BCUT2D eigenvalue weighted by Crippen LogP contribution is -1.67. The van der Waals surface area contributed by atoms with Gasteiger partial charge in [0, 0.05) is 0 Å². The summed E-state index contributed by atoms with van der Waals surface area (Å²) >= 11 is 4.70. The zero-order valence-electron chi connectivity index (χ0n) is 5.29. The van der Waals surface area contributed by atoms with Gasteiger partial charge in [-0.2, -0.15) is 0 Å². The third-order valence-electron chi connectivity index (χ3n) is 0.0983. The Labute approximate surface area is 39.5 Å². The molecule has 0 aromatic rings. The van der Waals surface area contributed by atoms with Crippen LogP contribution >= 0.6 is 11.6 Å². The van der Waals surface area contributed by atoms with Crippen LogP contribution in [0.4, 0.5) is 0 Å². The molecular weight excluding hydrogens is 88.5 g/mol. The molecule has 0 aliphatic rings. The Kier molecular flexibility index (Phi) is 0.565. The van der Waals surface area contributed by atoms with Crippen LogP contribution < -0.4 is 0 Å². The first-order chi connectivity index (χ1) is 3.55. The maximum Gasteiger partial charge on any atom is 0.244 e. The fourth-order valence-corrected chi connectivity index (χ4v) is 0. The first-order valence-electron chi connectivity index (χ1n) is 2.39. The van der Waals surface area contributed by atoms with E-state index in [0.29, 0.717) is 0 Å². The quantitative estimate of drug-likeness (QED) is 0.269. The standard InChI is InChI=1S/C3H3ClO/c1-2-3(4)5/h2H,1H2/i1D2,2D,3+1. The van der Waals surface area contributed by atoms with E-state index >= 15 is 0 Å². The summed E-state index contributed by atoms with van der Waals surface area (Å²) in [5.74, 6) is 0. The minimum atomic E-state index is -1.06. The van der Waals surface area contributed by atoms with E-state index in [2.05, 4.69) is 0 Å². The Morgan fingerprint density at radius 1 is 2.60 bits per heavy atom. The van der Waals surface area contributed by atoms with Gasteiger partial charge in [0.2, 0.25) is 5.24 Å². The number of rotatable bonds is 1. The van der Waals surface area contributed by atoms with Gasteiger partial charge in [0.1, 0.15) is 0 Å². The number of carbonyl (C=O) groups excluding carboxylic acids is 1. The average Bonchev–Trinajstić information content (AvgIpc) is 1.64. The number of halogens is 1. The van der Waals surface area contributed by atoms with Crippen LogP contribution in [0.1, 0.15) is 4.11 Å². The molecule has 1 nitrogen and oxygen atoms in total. The first-order valence-corrected chi connectivity index (χ1v) is 1.27. The molecule has 0 bridgehead atoms. The molecular formula is C3H3ClO. The van der Waals surface area contributed by atoms with Crippen molar-refractivity contribution in [2.75, 3.05) is 0 Å². The molecule has 0 atom stereocenters. The van der Waals surface area contributed by atoms with Crippen molar-refractivity contribution >= 4 is 16.8 Å². The average molecular weight is 94.5 g/mol. The number of hydrogen-bond donors (Lipinski definition) is 0. The van der Waals surface area contributed by atoms with Gasteiger partial charge in [-0.15, -0.1) is 0 Å². The Morgan fingerprint density at radius 2 is 3.20 bits per heavy atom. The van der Waals surface area contributed by atoms with E-state index in [1.807, 2.05) is 0 Å². The summed E-state index contributed by atoms with van der Waals surface area (Å²) in [6.45, 7) is -0.856. The molecule has 0 rings (SSSR count). The molecule has 0 aliphatic carbocycles. The molecule has 0 spiro atoms. The van der Waals surface area contributed by atoms with Gasteiger partial charge in [-0.05, 0) is 17.7 Å². The van der Waals surface area contributed by atoms with Crippen LogP contribution in [0.25, 0.3) is 0 Å². The van der Waals surface area contributed by atoms with Crippen molar-refractivity contribution < 1.29 is 8.91 Å². The zero-order chi connectivity index (χ0) is 6.73. The molecule has 0 saturated heterocycles. The lowest BCUT2D eigenvalue weighted by Gasteiger charge is -1.59. The molecule has 2 heteroatoms. The van der Waals surface area contributed by atoms with Gasteiger partial charge in [0.25, 0.3) is 0 Å². The Bertz CT molecular complexity index is 137. The van der Waals surface area contributed by atoms with Crippen LogP contribution in [0.5, 0.6) is 0 Å². The molecule has 0 amide bonds. The highest BCUT2D eigenvalue weighted by atomic mass is 35.5. The molecule has 0 heterocycles. The van der Waals surface area contributed by atoms with Crippen molar-refractivity contribution in [3.05, 3.63) is 12.6 Å². The molecule has 0 radical (unpaired) electrons. The zero-order valence-corrected chi connectivity index (χ0v) is 3.04. The lowest BCUT2D eigenvalue weighted by atomic mass is 11.0. The molecule has 0 saturated carbocycles. The Balaban J connectivity index is 4.23. The number of hydrogen-bond acceptors (Lipinski definition) is 1. The third-order valence-corrected chi connectivity index (χ3v) is 0.193. The van der Waals surface area contributed by atoms with Crippen LogP contribution in [0, 0.1) is 0 Å². The van der Waals surface area contributed by atoms with Crippen molar-refractivity contribution in [2.45, 2.75) is 0 Å². The summed E-state index contributed by atoms with van der Waals surface area (Å²) in [7, 11) is 0. The van der Waals surface area contributed by atoms with Crippen LogP contribution in [-0.2, 0) is 4.79 Å². The molecule has 0 aromatic carbocycles. The van der Waals surface area contributed by atoms with E-state index in [0.717, 1.165) is 0 Å². The van der Waals surface area contributed by atoms with E-state index in [1.54, 1.807) is 0 Å². The highest BCUT2D eigenvalue weighted by molar-refractivity contribution is 6.66. The normalized spacial score (nSPS) is 14.2. The monoisotopic (exact) mass is 94.0 g/mol. The summed E-state index contributed by atoms with van der Waals surface area (Å²) in [4.78, 5) is 9.87. The van der Waals surface area contributed by atoms with Gasteiger partial charge in [-0.1, -0.05) is 6.53 Å². The second-order valence-electron chi connectivity index (χ2n) is 0.399. The van der Waals surface area contributed by atoms with Crippen molar-refractivity contribution in [1.82, 2.24) is 0 Å². The molecule has 0 N–H and O–H groups in total. The van der Waals surface area contributed by atoms with Gasteiger partial charge in [-0.3, -0.25) is 4.79 Å². The van der Waals surface area contributed by atoms with Crippen LogP contribution in [0.3, 0.4) is 0 Å². The summed E-state index contributed by atoms with van der Waals surface area (Å²) in [5.41, 5.74) is 0. The van der Waals surface area contributed by atoms with E-state index in [4.69, 9.17) is 15.7 Å².